The lowest BCUT2D eigenvalue weighted by atomic mass is 9.70. The van der Waals surface area contributed by atoms with E-state index in [0.29, 0.717) is 38.8 Å². The maximum atomic E-state index is 14.0. The third-order valence-corrected chi connectivity index (χ3v) is 7.30. The number of aliphatic hydroxyl groups excluding tert-OH is 1. The second kappa shape index (κ2) is 10.8. The van der Waals surface area contributed by atoms with Crippen LogP contribution in [0.15, 0.2) is 25.3 Å². The molecule has 33 heavy (non-hydrogen) atoms. The molecule has 0 aliphatic carbocycles. The Kier molecular flexibility index (Phi) is 8.34. The summed E-state index contributed by atoms with van der Waals surface area (Å²) >= 11 is 0. The van der Waals surface area contributed by atoms with Gasteiger partial charge in [0.1, 0.15) is 18.2 Å². The molecule has 3 aliphatic rings. The van der Waals surface area contributed by atoms with E-state index in [1.807, 2.05) is 6.92 Å². The minimum atomic E-state index is -1.03. The molecule has 0 aromatic heterocycles. The molecule has 0 aromatic rings. The van der Waals surface area contributed by atoms with Crippen LogP contribution in [0.2, 0.25) is 0 Å². The Bertz CT molecular complexity index is 770. The van der Waals surface area contributed by atoms with Crippen molar-refractivity contribution >= 4 is 17.8 Å². The number of aliphatic hydroxyl groups is 1. The average molecular weight is 463 g/mol. The van der Waals surface area contributed by atoms with Gasteiger partial charge in [-0.2, -0.15) is 0 Å². The highest BCUT2D eigenvalue weighted by molar-refractivity contribution is 5.98. The number of hydrogen-bond acceptors (Lipinski definition) is 6. The minimum absolute atomic E-state index is 0.0143. The van der Waals surface area contributed by atoms with Crippen molar-refractivity contribution in [3.05, 3.63) is 25.3 Å². The molecule has 3 heterocycles. The summed E-state index contributed by atoms with van der Waals surface area (Å²) in [6.45, 7) is 12.3. The first kappa shape index (κ1) is 25.4. The molecule has 0 radical (unpaired) electrons. The first-order valence-electron chi connectivity index (χ1n) is 12.2. The van der Waals surface area contributed by atoms with Gasteiger partial charge in [-0.1, -0.05) is 32.1 Å². The smallest absolute Gasteiger partial charge is 0.312 e. The van der Waals surface area contributed by atoms with Crippen molar-refractivity contribution in [3.63, 3.8) is 0 Å². The molecular formula is C25H38N2O6. The molecule has 6 atom stereocenters. The van der Waals surface area contributed by atoms with Crippen LogP contribution in [0, 0.1) is 11.8 Å². The van der Waals surface area contributed by atoms with Crippen LogP contribution in [0.1, 0.15) is 52.4 Å². The van der Waals surface area contributed by atoms with E-state index in [0.717, 1.165) is 12.8 Å². The molecule has 3 saturated heterocycles. The van der Waals surface area contributed by atoms with Crippen LogP contribution in [-0.2, 0) is 23.9 Å². The van der Waals surface area contributed by atoms with Gasteiger partial charge in [0.25, 0.3) is 0 Å². The van der Waals surface area contributed by atoms with Gasteiger partial charge >= 0.3 is 5.97 Å². The number of unbranched alkanes of at least 4 members (excludes halogenated alkanes) is 1. The molecule has 2 bridgehead atoms. The second-order valence-electron chi connectivity index (χ2n) is 9.35. The molecule has 3 aliphatic heterocycles. The van der Waals surface area contributed by atoms with Crippen LogP contribution in [0.5, 0.6) is 0 Å². The predicted molar refractivity (Wildman–Crippen MR) is 123 cm³/mol. The van der Waals surface area contributed by atoms with Gasteiger partial charge in [0.15, 0.2) is 0 Å². The van der Waals surface area contributed by atoms with Gasteiger partial charge in [-0.05, 0) is 39.0 Å². The SMILES string of the molecule is C=CCOC(=O)[C@@H]1[C@H]2C(=O)N(CCCCO)C(C(=O)N(CC=C)C(C)CCC)C23CC[C@H]1O3. The Morgan fingerprint density at radius 1 is 1.36 bits per heavy atom. The van der Waals surface area contributed by atoms with Gasteiger partial charge in [0.2, 0.25) is 11.8 Å². The van der Waals surface area contributed by atoms with Crippen molar-refractivity contribution in [2.45, 2.75) is 76.2 Å². The maximum Gasteiger partial charge on any atom is 0.312 e. The van der Waals surface area contributed by atoms with E-state index in [-0.39, 0.29) is 31.1 Å². The Labute approximate surface area is 196 Å². The number of rotatable bonds is 13. The van der Waals surface area contributed by atoms with Crippen molar-refractivity contribution in [2.75, 3.05) is 26.3 Å². The van der Waals surface area contributed by atoms with Crippen molar-refractivity contribution in [3.8, 4) is 0 Å². The van der Waals surface area contributed by atoms with Crippen LogP contribution in [0.25, 0.3) is 0 Å². The van der Waals surface area contributed by atoms with Crippen molar-refractivity contribution < 1.29 is 29.0 Å². The molecule has 3 rings (SSSR count). The predicted octanol–water partition coefficient (Wildman–Crippen LogP) is 2.07. The number of likely N-dealkylation sites (tertiary alicyclic amines) is 1. The van der Waals surface area contributed by atoms with Gasteiger partial charge in [0.05, 0.1) is 17.9 Å². The Balaban J connectivity index is 1.98. The zero-order valence-electron chi connectivity index (χ0n) is 19.9. The third-order valence-electron chi connectivity index (χ3n) is 7.30. The van der Waals surface area contributed by atoms with E-state index in [9.17, 15) is 19.5 Å². The van der Waals surface area contributed by atoms with Crippen LogP contribution in [0.4, 0.5) is 0 Å². The fourth-order valence-electron chi connectivity index (χ4n) is 5.93. The van der Waals surface area contributed by atoms with Gasteiger partial charge in [0, 0.05) is 25.7 Å². The largest absolute Gasteiger partial charge is 0.461 e. The number of nitrogens with zero attached hydrogens (tertiary/aromatic N) is 2. The topological polar surface area (TPSA) is 96.4 Å². The van der Waals surface area contributed by atoms with Crippen LogP contribution < -0.4 is 0 Å². The molecular weight excluding hydrogens is 424 g/mol. The monoisotopic (exact) mass is 462 g/mol. The van der Waals surface area contributed by atoms with E-state index in [1.165, 1.54) is 6.08 Å². The summed E-state index contributed by atoms with van der Waals surface area (Å²) < 4.78 is 11.7. The summed E-state index contributed by atoms with van der Waals surface area (Å²) in [5.41, 5.74) is -1.03. The maximum absolute atomic E-state index is 14.0. The molecule has 2 amide bonds. The van der Waals surface area contributed by atoms with E-state index < -0.39 is 35.6 Å². The van der Waals surface area contributed by atoms with Gasteiger partial charge < -0.3 is 24.4 Å². The number of amides is 2. The second-order valence-corrected chi connectivity index (χ2v) is 9.35. The zero-order chi connectivity index (χ0) is 24.2. The molecule has 184 valence electrons. The van der Waals surface area contributed by atoms with Crippen molar-refractivity contribution in [2.24, 2.45) is 11.8 Å². The van der Waals surface area contributed by atoms with Gasteiger partial charge in [-0.25, -0.2) is 0 Å². The average Bonchev–Trinajstić information content (AvgIpc) is 3.43. The molecule has 3 fully saturated rings. The number of carbonyl (C=O) groups excluding carboxylic acids is 3. The molecule has 0 aromatic carbocycles. The summed E-state index contributed by atoms with van der Waals surface area (Å²) in [4.78, 5) is 44.0. The Morgan fingerprint density at radius 2 is 2.12 bits per heavy atom. The summed E-state index contributed by atoms with van der Waals surface area (Å²) in [7, 11) is 0. The summed E-state index contributed by atoms with van der Waals surface area (Å²) in [6, 6.07) is -0.813. The minimum Gasteiger partial charge on any atom is -0.461 e. The molecule has 3 unspecified atom stereocenters. The van der Waals surface area contributed by atoms with E-state index in [4.69, 9.17) is 9.47 Å². The quantitative estimate of drug-likeness (QED) is 0.256. The number of ether oxygens (including phenoxy) is 2. The lowest BCUT2D eigenvalue weighted by Gasteiger charge is -2.39. The lowest BCUT2D eigenvalue weighted by Crippen LogP contribution is -2.57. The van der Waals surface area contributed by atoms with Crippen molar-refractivity contribution in [1.29, 1.82) is 0 Å². The molecule has 1 N–H and O–H groups in total. The molecule has 8 heteroatoms. The summed E-state index contributed by atoms with van der Waals surface area (Å²) in [6.07, 6.45) is 6.79. The fraction of sp³-hybridized carbons (Fsp3) is 0.720. The zero-order valence-corrected chi connectivity index (χ0v) is 19.9. The molecule has 1 spiro atoms. The van der Waals surface area contributed by atoms with Crippen LogP contribution in [0.3, 0.4) is 0 Å². The standard InChI is InChI=1S/C25H38N2O6/c1-5-10-17(4)26(13-6-2)23(30)21-25-12-11-18(33-25)19(24(31)32-16-7-3)20(25)22(29)27(21)14-8-9-15-28/h6-7,17-21,28H,2-3,5,8-16H2,1,4H3/t17?,18-,19+,20+,21?,25?/m1/s1. The highest BCUT2D eigenvalue weighted by Crippen LogP contribution is 2.58. The van der Waals surface area contributed by atoms with Crippen molar-refractivity contribution in [1.82, 2.24) is 9.80 Å². The first-order valence-corrected chi connectivity index (χ1v) is 12.2. The third kappa shape index (κ3) is 4.47. The summed E-state index contributed by atoms with van der Waals surface area (Å²) in [5, 5.41) is 9.25. The number of hydrogen-bond donors (Lipinski definition) is 1. The van der Waals surface area contributed by atoms with Gasteiger partial charge in [-0.15, -0.1) is 6.58 Å². The normalized spacial score (nSPS) is 30.8. The summed E-state index contributed by atoms with van der Waals surface area (Å²) in [5.74, 6) is -2.30. The van der Waals surface area contributed by atoms with Crippen LogP contribution >= 0.6 is 0 Å². The Morgan fingerprint density at radius 3 is 2.76 bits per heavy atom. The first-order chi connectivity index (χ1) is 15.9. The fourth-order valence-corrected chi connectivity index (χ4v) is 5.93. The number of fused-ring (bicyclic) bond motifs is 1. The van der Waals surface area contributed by atoms with E-state index in [2.05, 4.69) is 20.1 Å². The van der Waals surface area contributed by atoms with E-state index in [1.54, 1.807) is 15.9 Å². The van der Waals surface area contributed by atoms with E-state index >= 15 is 0 Å². The highest BCUT2D eigenvalue weighted by atomic mass is 16.6. The molecule has 0 saturated carbocycles. The highest BCUT2D eigenvalue weighted by Gasteiger charge is 2.75. The van der Waals surface area contributed by atoms with Gasteiger partial charge in [-0.3, -0.25) is 14.4 Å². The lowest BCUT2D eigenvalue weighted by molar-refractivity contribution is -0.154. The number of esters is 1. The van der Waals surface area contributed by atoms with Crippen LogP contribution in [-0.4, -0.2) is 82.8 Å². The molecule has 8 nitrogen and oxygen atoms in total. The Hall–Kier alpha value is -2.19. The number of carbonyl (C=O) groups is 3.